The fourth-order valence-corrected chi connectivity index (χ4v) is 3.17. The Hall–Kier alpha value is -0.710. The van der Waals surface area contributed by atoms with Crippen LogP contribution in [-0.2, 0) is 6.42 Å². The van der Waals surface area contributed by atoms with Crippen molar-refractivity contribution in [2.75, 3.05) is 6.54 Å². The van der Waals surface area contributed by atoms with Crippen LogP contribution in [0.4, 0.5) is 0 Å². The lowest BCUT2D eigenvalue weighted by Gasteiger charge is -2.20. The Morgan fingerprint density at radius 2 is 2.26 bits per heavy atom. The fourth-order valence-electron chi connectivity index (χ4n) is 2.13. The topological polar surface area (TPSA) is 24.9 Å². The molecule has 4 heteroatoms. The molecule has 19 heavy (non-hydrogen) atoms. The summed E-state index contributed by atoms with van der Waals surface area (Å²) in [5.41, 5.74) is 2.69. The van der Waals surface area contributed by atoms with Crippen LogP contribution < -0.4 is 5.32 Å². The number of benzene rings is 1. The van der Waals surface area contributed by atoms with Crippen LogP contribution in [0.25, 0.3) is 0 Å². The van der Waals surface area contributed by atoms with Crippen molar-refractivity contribution < 1.29 is 0 Å². The van der Waals surface area contributed by atoms with Crippen LogP contribution in [0, 0.1) is 6.92 Å². The first-order chi connectivity index (χ1) is 9.20. The number of aryl methyl sites for hydroxylation is 1. The van der Waals surface area contributed by atoms with Crippen LogP contribution in [0.3, 0.4) is 0 Å². The molecule has 2 rings (SSSR count). The first-order valence-electron chi connectivity index (χ1n) is 6.58. The van der Waals surface area contributed by atoms with E-state index in [4.69, 9.17) is 0 Å². The van der Waals surface area contributed by atoms with Gasteiger partial charge in [-0.05, 0) is 43.1 Å². The predicted octanol–water partition coefficient (Wildman–Crippen LogP) is 4.50. The van der Waals surface area contributed by atoms with Gasteiger partial charge in [-0.25, -0.2) is 4.98 Å². The molecular formula is C15H19BrN2S. The van der Waals surface area contributed by atoms with Gasteiger partial charge in [-0.1, -0.05) is 28.9 Å². The monoisotopic (exact) mass is 338 g/mol. The van der Waals surface area contributed by atoms with E-state index in [2.05, 4.69) is 58.3 Å². The smallest absolute Gasteiger partial charge is 0.0943 e. The SMILES string of the molecule is CCCNC(Cc1nccs1)c1cc(Br)ccc1C. The number of hydrogen-bond donors (Lipinski definition) is 1. The molecule has 0 saturated carbocycles. The minimum absolute atomic E-state index is 0.337. The minimum atomic E-state index is 0.337. The standard InChI is InChI=1S/C15H19BrN2S/c1-3-6-17-14(10-15-18-7-8-19-15)13-9-12(16)5-4-11(13)2/h4-5,7-9,14,17H,3,6,10H2,1-2H3. The van der Waals surface area contributed by atoms with Gasteiger partial charge in [0, 0.05) is 28.5 Å². The molecule has 1 aromatic heterocycles. The van der Waals surface area contributed by atoms with Crippen molar-refractivity contribution in [3.8, 4) is 0 Å². The first kappa shape index (κ1) is 14.7. The van der Waals surface area contributed by atoms with Crippen molar-refractivity contribution in [3.63, 3.8) is 0 Å². The molecule has 1 heterocycles. The van der Waals surface area contributed by atoms with Crippen LogP contribution in [0.1, 0.15) is 35.5 Å². The Morgan fingerprint density at radius 1 is 1.42 bits per heavy atom. The summed E-state index contributed by atoms with van der Waals surface area (Å²) in [4.78, 5) is 4.41. The first-order valence-corrected chi connectivity index (χ1v) is 8.25. The Kier molecular flexibility index (Phi) is 5.55. The zero-order valence-electron chi connectivity index (χ0n) is 11.3. The highest BCUT2D eigenvalue weighted by molar-refractivity contribution is 9.10. The van der Waals surface area contributed by atoms with Crippen LogP contribution in [0.2, 0.25) is 0 Å². The third-order valence-electron chi connectivity index (χ3n) is 3.12. The van der Waals surface area contributed by atoms with Gasteiger partial charge >= 0.3 is 0 Å². The molecule has 0 bridgehead atoms. The number of halogens is 1. The number of aromatic nitrogens is 1. The molecule has 1 atom stereocenters. The highest BCUT2D eigenvalue weighted by Crippen LogP contribution is 2.25. The van der Waals surface area contributed by atoms with Gasteiger partial charge < -0.3 is 5.32 Å². The molecule has 0 fully saturated rings. The zero-order chi connectivity index (χ0) is 13.7. The molecule has 0 amide bonds. The molecule has 1 unspecified atom stereocenters. The molecule has 0 saturated heterocycles. The molecule has 2 nitrogen and oxygen atoms in total. The van der Waals surface area contributed by atoms with E-state index in [1.165, 1.54) is 16.1 Å². The van der Waals surface area contributed by atoms with Crippen molar-refractivity contribution >= 4 is 27.3 Å². The average Bonchev–Trinajstić information content (AvgIpc) is 2.90. The highest BCUT2D eigenvalue weighted by atomic mass is 79.9. The third-order valence-corrected chi connectivity index (χ3v) is 4.41. The number of nitrogens with one attached hydrogen (secondary N) is 1. The fraction of sp³-hybridized carbons (Fsp3) is 0.400. The average molecular weight is 339 g/mol. The second-order valence-electron chi connectivity index (χ2n) is 4.64. The summed E-state index contributed by atoms with van der Waals surface area (Å²) >= 11 is 5.30. The lowest BCUT2D eigenvalue weighted by molar-refractivity contribution is 0.526. The predicted molar refractivity (Wildman–Crippen MR) is 85.7 cm³/mol. The van der Waals surface area contributed by atoms with E-state index in [0.29, 0.717) is 6.04 Å². The van der Waals surface area contributed by atoms with E-state index in [0.717, 1.165) is 23.9 Å². The molecule has 1 N–H and O–H groups in total. The van der Waals surface area contributed by atoms with Crippen molar-refractivity contribution in [2.24, 2.45) is 0 Å². The molecular weight excluding hydrogens is 320 g/mol. The Labute approximate surface area is 127 Å². The van der Waals surface area contributed by atoms with Gasteiger partial charge in [0.25, 0.3) is 0 Å². The van der Waals surface area contributed by atoms with Gasteiger partial charge in [0.15, 0.2) is 0 Å². The summed E-state index contributed by atoms with van der Waals surface area (Å²) < 4.78 is 1.13. The summed E-state index contributed by atoms with van der Waals surface area (Å²) in [6.45, 7) is 5.40. The maximum Gasteiger partial charge on any atom is 0.0943 e. The Morgan fingerprint density at radius 3 is 2.95 bits per heavy atom. The normalized spacial score (nSPS) is 12.6. The maximum absolute atomic E-state index is 4.41. The number of nitrogens with zero attached hydrogens (tertiary/aromatic N) is 1. The lowest BCUT2D eigenvalue weighted by atomic mass is 9.99. The van der Waals surface area contributed by atoms with Crippen LogP contribution in [-0.4, -0.2) is 11.5 Å². The summed E-state index contributed by atoms with van der Waals surface area (Å²) in [6.07, 6.45) is 3.97. The Bertz CT molecular complexity index is 511. The molecule has 1 aromatic carbocycles. The largest absolute Gasteiger partial charge is 0.310 e. The van der Waals surface area contributed by atoms with E-state index in [1.807, 2.05) is 11.6 Å². The van der Waals surface area contributed by atoms with Crippen molar-refractivity contribution in [1.82, 2.24) is 10.3 Å². The van der Waals surface area contributed by atoms with Gasteiger partial charge in [0.2, 0.25) is 0 Å². The summed E-state index contributed by atoms with van der Waals surface area (Å²) in [5, 5.41) is 6.87. The second-order valence-corrected chi connectivity index (χ2v) is 6.53. The van der Waals surface area contributed by atoms with Crippen LogP contribution >= 0.6 is 27.3 Å². The van der Waals surface area contributed by atoms with Crippen molar-refractivity contribution in [2.45, 2.75) is 32.7 Å². The van der Waals surface area contributed by atoms with Gasteiger partial charge in [-0.15, -0.1) is 11.3 Å². The number of hydrogen-bond acceptors (Lipinski definition) is 3. The molecule has 102 valence electrons. The molecule has 0 aliphatic heterocycles. The highest BCUT2D eigenvalue weighted by Gasteiger charge is 2.15. The van der Waals surface area contributed by atoms with Gasteiger partial charge in [-0.2, -0.15) is 0 Å². The van der Waals surface area contributed by atoms with Crippen LogP contribution in [0.5, 0.6) is 0 Å². The minimum Gasteiger partial charge on any atom is -0.310 e. The zero-order valence-corrected chi connectivity index (χ0v) is 13.7. The summed E-state index contributed by atoms with van der Waals surface area (Å²) in [5.74, 6) is 0. The van der Waals surface area contributed by atoms with Gasteiger partial charge in [0.1, 0.15) is 0 Å². The Balaban J connectivity index is 2.23. The maximum atomic E-state index is 4.41. The van der Waals surface area contributed by atoms with E-state index in [1.54, 1.807) is 11.3 Å². The molecule has 0 aliphatic carbocycles. The molecule has 2 aromatic rings. The van der Waals surface area contributed by atoms with Gasteiger partial charge in [0.05, 0.1) is 5.01 Å². The second kappa shape index (κ2) is 7.17. The number of thiazole rings is 1. The van der Waals surface area contributed by atoms with E-state index >= 15 is 0 Å². The molecule has 0 spiro atoms. The number of rotatable bonds is 6. The summed E-state index contributed by atoms with van der Waals surface area (Å²) in [7, 11) is 0. The van der Waals surface area contributed by atoms with E-state index in [-0.39, 0.29) is 0 Å². The van der Waals surface area contributed by atoms with Crippen molar-refractivity contribution in [1.29, 1.82) is 0 Å². The molecule has 0 radical (unpaired) electrons. The summed E-state index contributed by atoms with van der Waals surface area (Å²) in [6, 6.07) is 6.82. The lowest BCUT2D eigenvalue weighted by Crippen LogP contribution is -2.24. The quantitative estimate of drug-likeness (QED) is 0.838. The van der Waals surface area contributed by atoms with Gasteiger partial charge in [-0.3, -0.25) is 0 Å². The van der Waals surface area contributed by atoms with E-state index < -0.39 is 0 Å². The third kappa shape index (κ3) is 4.13. The van der Waals surface area contributed by atoms with Crippen molar-refractivity contribution in [3.05, 3.63) is 50.4 Å². The van der Waals surface area contributed by atoms with Crippen LogP contribution in [0.15, 0.2) is 34.2 Å². The molecule has 0 aliphatic rings. The van der Waals surface area contributed by atoms with E-state index in [9.17, 15) is 0 Å².